The van der Waals surface area contributed by atoms with Gasteiger partial charge in [-0.2, -0.15) is 4.31 Å². The number of benzene rings is 1. The zero-order chi connectivity index (χ0) is 21.0. The first kappa shape index (κ1) is 22.1. The first-order valence-electron chi connectivity index (χ1n) is 10.4. The Labute approximate surface area is 173 Å². The lowest BCUT2D eigenvalue weighted by Crippen LogP contribution is -2.46. The number of sulfonamides is 1. The molecule has 0 spiro atoms. The predicted molar refractivity (Wildman–Crippen MR) is 110 cm³/mol. The molecule has 2 saturated heterocycles. The van der Waals surface area contributed by atoms with Gasteiger partial charge in [-0.1, -0.05) is 13.3 Å². The number of nitrogens with zero attached hydrogens (tertiary/aromatic N) is 2. The van der Waals surface area contributed by atoms with Gasteiger partial charge < -0.3 is 14.7 Å². The quantitative estimate of drug-likeness (QED) is 0.756. The summed E-state index contributed by atoms with van der Waals surface area (Å²) in [5.41, 5.74) is 0. The standard InChI is InChI=1S/C21H32N2O5S/c1-3-16-15-23(29(26,27)20-6-4-19(28-2)5-7-20)13-8-17(16)14-21(25)22-11-9-18(24)10-12-22/h4-7,16-18,24H,3,8-15H2,1-2H3/t16-,17+/m1/s1. The molecule has 29 heavy (non-hydrogen) atoms. The van der Waals surface area contributed by atoms with Gasteiger partial charge in [0.1, 0.15) is 5.75 Å². The van der Waals surface area contributed by atoms with Gasteiger partial charge in [-0.15, -0.1) is 0 Å². The van der Waals surface area contributed by atoms with E-state index in [2.05, 4.69) is 6.92 Å². The van der Waals surface area contributed by atoms with E-state index in [1.807, 2.05) is 4.90 Å². The van der Waals surface area contributed by atoms with Crippen molar-refractivity contribution in [2.45, 2.75) is 50.0 Å². The van der Waals surface area contributed by atoms with Gasteiger partial charge in [-0.3, -0.25) is 4.79 Å². The molecule has 0 saturated carbocycles. The zero-order valence-electron chi connectivity index (χ0n) is 17.3. The van der Waals surface area contributed by atoms with Crippen LogP contribution in [0.1, 0.15) is 39.0 Å². The average molecular weight is 425 g/mol. The Morgan fingerprint density at radius 1 is 1.10 bits per heavy atom. The van der Waals surface area contributed by atoms with Crippen LogP contribution in [0.4, 0.5) is 0 Å². The number of hydrogen-bond donors (Lipinski definition) is 1. The molecular weight excluding hydrogens is 392 g/mol. The maximum Gasteiger partial charge on any atom is 0.243 e. The Hall–Kier alpha value is -1.64. The number of aliphatic hydroxyl groups excluding tert-OH is 1. The van der Waals surface area contributed by atoms with Gasteiger partial charge in [0.15, 0.2) is 0 Å². The number of amides is 1. The molecule has 0 aromatic heterocycles. The minimum absolute atomic E-state index is 0.131. The molecule has 3 rings (SSSR count). The topological polar surface area (TPSA) is 87.2 Å². The van der Waals surface area contributed by atoms with Gasteiger partial charge in [0.05, 0.1) is 18.1 Å². The normalized spacial score (nSPS) is 24.4. The molecular formula is C21H32N2O5S. The van der Waals surface area contributed by atoms with Crippen molar-refractivity contribution >= 4 is 15.9 Å². The highest BCUT2D eigenvalue weighted by Gasteiger charge is 2.36. The van der Waals surface area contributed by atoms with Crippen molar-refractivity contribution in [1.82, 2.24) is 9.21 Å². The van der Waals surface area contributed by atoms with E-state index in [9.17, 15) is 18.3 Å². The summed E-state index contributed by atoms with van der Waals surface area (Å²) in [5, 5.41) is 9.63. The molecule has 0 radical (unpaired) electrons. The zero-order valence-corrected chi connectivity index (χ0v) is 18.1. The van der Waals surface area contributed by atoms with Gasteiger partial charge in [-0.05, 0) is 55.4 Å². The molecule has 2 heterocycles. The third kappa shape index (κ3) is 5.10. The summed E-state index contributed by atoms with van der Waals surface area (Å²) in [6.07, 6.45) is 2.98. The molecule has 0 aliphatic carbocycles. The molecule has 8 heteroatoms. The number of piperidine rings is 2. The maximum atomic E-state index is 13.0. The number of carbonyl (C=O) groups excluding carboxylic acids is 1. The van der Waals surface area contributed by atoms with Crippen LogP contribution in [0.5, 0.6) is 5.75 Å². The molecule has 1 N–H and O–H groups in total. The second-order valence-electron chi connectivity index (χ2n) is 8.07. The van der Waals surface area contributed by atoms with E-state index in [1.54, 1.807) is 35.7 Å². The summed E-state index contributed by atoms with van der Waals surface area (Å²) in [6.45, 7) is 4.16. The van der Waals surface area contributed by atoms with E-state index in [0.29, 0.717) is 57.6 Å². The highest BCUT2D eigenvalue weighted by atomic mass is 32.2. The third-order valence-electron chi connectivity index (χ3n) is 6.33. The predicted octanol–water partition coefficient (Wildman–Crippen LogP) is 2.11. The molecule has 7 nitrogen and oxygen atoms in total. The fourth-order valence-electron chi connectivity index (χ4n) is 4.36. The van der Waals surface area contributed by atoms with Crippen molar-refractivity contribution in [3.05, 3.63) is 24.3 Å². The molecule has 1 amide bonds. The lowest BCUT2D eigenvalue weighted by Gasteiger charge is -2.38. The number of hydrogen-bond acceptors (Lipinski definition) is 5. The van der Waals surface area contributed by atoms with E-state index in [4.69, 9.17) is 4.74 Å². The Balaban J connectivity index is 1.63. The summed E-state index contributed by atoms with van der Waals surface area (Å²) in [5.74, 6) is 1.11. The van der Waals surface area contributed by atoms with Gasteiger partial charge in [0, 0.05) is 32.6 Å². The minimum atomic E-state index is -3.55. The summed E-state index contributed by atoms with van der Waals surface area (Å²) < 4.78 is 32.8. The smallest absolute Gasteiger partial charge is 0.243 e. The monoisotopic (exact) mass is 424 g/mol. The fraction of sp³-hybridized carbons (Fsp3) is 0.667. The molecule has 1 aromatic rings. The maximum absolute atomic E-state index is 13.0. The number of likely N-dealkylation sites (tertiary alicyclic amines) is 1. The van der Waals surface area contributed by atoms with Crippen LogP contribution in [-0.2, 0) is 14.8 Å². The van der Waals surface area contributed by atoms with Crippen molar-refractivity contribution < 1.29 is 23.1 Å². The van der Waals surface area contributed by atoms with Crippen molar-refractivity contribution in [3.8, 4) is 5.75 Å². The number of rotatable bonds is 6. The Morgan fingerprint density at radius 3 is 2.34 bits per heavy atom. The minimum Gasteiger partial charge on any atom is -0.497 e. The first-order chi connectivity index (χ1) is 13.8. The Bertz CT molecular complexity index is 788. The number of carbonyl (C=O) groups is 1. The molecule has 0 bridgehead atoms. The molecule has 2 aliphatic rings. The molecule has 1 aromatic carbocycles. The molecule has 2 fully saturated rings. The van der Waals surface area contributed by atoms with Crippen LogP contribution in [-0.4, -0.2) is 68.0 Å². The summed E-state index contributed by atoms with van der Waals surface area (Å²) in [4.78, 5) is 14.8. The van der Waals surface area contributed by atoms with E-state index in [1.165, 1.54) is 0 Å². The lowest BCUT2D eigenvalue weighted by atomic mass is 9.82. The highest BCUT2D eigenvalue weighted by Crippen LogP contribution is 2.33. The van der Waals surface area contributed by atoms with Crippen LogP contribution < -0.4 is 4.74 Å². The van der Waals surface area contributed by atoms with E-state index in [0.717, 1.165) is 6.42 Å². The van der Waals surface area contributed by atoms with Crippen molar-refractivity contribution in [3.63, 3.8) is 0 Å². The van der Waals surface area contributed by atoms with Gasteiger partial charge in [0.25, 0.3) is 0 Å². The molecule has 162 valence electrons. The first-order valence-corrected chi connectivity index (χ1v) is 11.9. The van der Waals surface area contributed by atoms with E-state index in [-0.39, 0.29) is 28.7 Å². The summed E-state index contributed by atoms with van der Waals surface area (Å²) >= 11 is 0. The van der Waals surface area contributed by atoms with Crippen LogP contribution in [0.3, 0.4) is 0 Å². The van der Waals surface area contributed by atoms with Gasteiger partial charge in [-0.25, -0.2) is 8.42 Å². The number of aliphatic hydroxyl groups is 1. The van der Waals surface area contributed by atoms with Crippen LogP contribution >= 0.6 is 0 Å². The van der Waals surface area contributed by atoms with Crippen LogP contribution in [0.25, 0.3) is 0 Å². The lowest BCUT2D eigenvalue weighted by molar-refractivity contribution is -0.135. The molecule has 0 unspecified atom stereocenters. The number of ether oxygens (including phenoxy) is 1. The van der Waals surface area contributed by atoms with Crippen molar-refractivity contribution in [2.24, 2.45) is 11.8 Å². The van der Waals surface area contributed by atoms with Crippen molar-refractivity contribution in [2.75, 3.05) is 33.3 Å². The largest absolute Gasteiger partial charge is 0.497 e. The second-order valence-corrected chi connectivity index (χ2v) is 10.0. The Kier molecular flexibility index (Phi) is 7.19. The van der Waals surface area contributed by atoms with Crippen LogP contribution in [0, 0.1) is 11.8 Å². The van der Waals surface area contributed by atoms with E-state index >= 15 is 0 Å². The molecule has 2 aliphatic heterocycles. The fourth-order valence-corrected chi connectivity index (χ4v) is 5.87. The second kappa shape index (κ2) is 9.45. The summed E-state index contributed by atoms with van der Waals surface area (Å²) in [7, 11) is -2.00. The molecule has 2 atom stereocenters. The van der Waals surface area contributed by atoms with Crippen molar-refractivity contribution in [1.29, 1.82) is 0 Å². The van der Waals surface area contributed by atoms with Crippen LogP contribution in [0.15, 0.2) is 29.2 Å². The van der Waals surface area contributed by atoms with E-state index < -0.39 is 10.0 Å². The Morgan fingerprint density at radius 2 is 1.76 bits per heavy atom. The van der Waals surface area contributed by atoms with Gasteiger partial charge >= 0.3 is 0 Å². The number of methoxy groups -OCH3 is 1. The van der Waals surface area contributed by atoms with Crippen LogP contribution in [0.2, 0.25) is 0 Å². The van der Waals surface area contributed by atoms with Gasteiger partial charge in [0.2, 0.25) is 15.9 Å². The summed E-state index contributed by atoms with van der Waals surface area (Å²) in [6, 6.07) is 6.47. The average Bonchev–Trinajstić information content (AvgIpc) is 2.74. The SMILES string of the molecule is CC[C@@H]1CN(S(=O)(=O)c2ccc(OC)cc2)CC[C@H]1CC(=O)N1CCC(O)CC1. The third-order valence-corrected chi connectivity index (χ3v) is 8.21. The highest BCUT2D eigenvalue weighted by molar-refractivity contribution is 7.89.